The Hall–Kier alpha value is -8.66. The maximum absolute atomic E-state index is 14.6. The molecule has 0 aliphatic heterocycles. The van der Waals surface area contributed by atoms with Crippen LogP contribution in [-0.2, 0) is 98.0 Å². The standard InChI is InChI=1S/C58H72N6O16/c1-58(2,3)80-57(74)64-47(34-51(68)79-38-42-25-15-8-16-26-42)55(72)61-44(29-31-49(66)77-36-40-21-11-6-12-22-40)53(70)63-46(33-50(67)78-37-41-23-13-7-14-24-41)54(71)60-43(28-30-48(65)76-35-39-19-9-5-10-20-39)52(69)62-45(56(73)75-4)27-17-18-32-59/h5-16,19-26,43-47H,17-18,27-38,59H2,1-4H3,(H,60,71)(H,61,72)(H,62,69)(H,63,70)(H,64,74)/t43-,44-,45-,46-,47-/m0/s1. The average Bonchev–Trinajstić information content (AvgIpc) is 3.44. The van der Waals surface area contributed by atoms with Crippen molar-refractivity contribution in [2.45, 2.75) is 141 Å². The Morgan fingerprint density at radius 1 is 0.425 bits per heavy atom. The summed E-state index contributed by atoms with van der Waals surface area (Å²) in [4.78, 5) is 137. The number of esters is 5. The van der Waals surface area contributed by atoms with Crippen molar-refractivity contribution in [3.05, 3.63) is 144 Å². The van der Waals surface area contributed by atoms with Crippen molar-refractivity contribution >= 4 is 59.6 Å². The minimum Gasteiger partial charge on any atom is -0.467 e. The van der Waals surface area contributed by atoms with Crippen LogP contribution in [0.5, 0.6) is 0 Å². The number of amides is 5. The lowest BCUT2D eigenvalue weighted by Gasteiger charge is -2.27. The number of hydrogen-bond donors (Lipinski definition) is 6. The number of hydrogen-bond acceptors (Lipinski definition) is 17. The Balaban J connectivity index is 1.68. The van der Waals surface area contributed by atoms with Crippen LogP contribution in [0.15, 0.2) is 121 Å². The molecule has 0 unspecified atom stereocenters. The number of rotatable bonds is 32. The van der Waals surface area contributed by atoms with Crippen molar-refractivity contribution in [3.8, 4) is 0 Å². The molecule has 0 fully saturated rings. The van der Waals surface area contributed by atoms with Crippen molar-refractivity contribution in [1.82, 2.24) is 26.6 Å². The largest absolute Gasteiger partial charge is 0.467 e. The molecular formula is C58H72N6O16. The summed E-state index contributed by atoms with van der Waals surface area (Å²) in [6.45, 7) is 4.31. The lowest BCUT2D eigenvalue weighted by atomic mass is 10.0. The van der Waals surface area contributed by atoms with Gasteiger partial charge in [-0.3, -0.25) is 38.4 Å². The van der Waals surface area contributed by atoms with Gasteiger partial charge in [-0.25, -0.2) is 9.59 Å². The molecule has 5 atom stereocenters. The summed E-state index contributed by atoms with van der Waals surface area (Å²) >= 11 is 0. The van der Waals surface area contributed by atoms with E-state index >= 15 is 0 Å². The molecule has 7 N–H and O–H groups in total. The Labute approximate surface area is 464 Å². The predicted octanol–water partition coefficient (Wildman–Crippen LogP) is 4.44. The third kappa shape index (κ3) is 25.2. The van der Waals surface area contributed by atoms with Gasteiger partial charge in [0.1, 0.15) is 62.2 Å². The van der Waals surface area contributed by atoms with E-state index in [1.54, 1.807) is 142 Å². The number of nitrogens with one attached hydrogen (secondary N) is 5. The van der Waals surface area contributed by atoms with Gasteiger partial charge in [0, 0.05) is 12.8 Å². The highest BCUT2D eigenvalue weighted by atomic mass is 16.6. The van der Waals surface area contributed by atoms with Crippen molar-refractivity contribution < 1.29 is 76.4 Å². The Morgan fingerprint density at radius 2 is 0.750 bits per heavy atom. The number of alkyl carbamates (subject to hydrolysis) is 1. The molecule has 4 aromatic carbocycles. The molecule has 0 heterocycles. The first kappa shape index (κ1) is 63.9. The van der Waals surface area contributed by atoms with Gasteiger partial charge in [-0.1, -0.05) is 121 Å². The molecule has 0 saturated carbocycles. The van der Waals surface area contributed by atoms with Gasteiger partial charge >= 0.3 is 35.9 Å². The lowest BCUT2D eigenvalue weighted by Crippen LogP contribution is -2.59. The minimum absolute atomic E-state index is 0.0945. The number of nitrogens with two attached hydrogens (primary N) is 1. The van der Waals surface area contributed by atoms with E-state index in [0.717, 1.165) is 7.11 Å². The zero-order chi connectivity index (χ0) is 58.3. The van der Waals surface area contributed by atoms with E-state index < -0.39 is 134 Å². The van der Waals surface area contributed by atoms with Gasteiger partial charge in [-0.15, -0.1) is 0 Å². The topological polar surface area (TPSA) is 312 Å². The molecule has 22 heteroatoms. The molecule has 0 bridgehead atoms. The fraction of sp³-hybridized carbons (Fsp3) is 0.414. The quantitative estimate of drug-likeness (QED) is 0.0224. The van der Waals surface area contributed by atoms with Crippen LogP contribution in [0, 0.1) is 0 Å². The Kier molecular flexibility index (Phi) is 27.4. The van der Waals surface area contributed by atoms with E-state index in [-0.39, 0.29) is 32.8 Å². The third-order valence-electron chi connectivity index (χ3n) is 11.6. The van der Waals surface area contributed by atoms with Crippen LogP contribution in [0.25, 0.3) is 0 Å². The van der Waals surface area contributed by atoms with Crippen LogP contribution in [0.3, 0.4) is 0 Å². The lowest BCUT2D eigenvalue weighted by molar-refractivity contribution is -0.148. The fourth-order valence-electron chi connectivity index (χ4n) is 7.45. The molecule has 4 rings (SSSR count). The highest BCUT2D eigenvalue weighted by Gasteiger charge is 2.36. The van der Waals surface area contributed by atoms with Crippen molar-refractivity contribution in [2.75, 3.05) is 13.7 Å². The molecule has 5 amide bonds. The van der Waals surface area contributed by atoms with E-state index in [9.17, 15) is 47.9 Å². The molecule has 430 valence electrons. The second-order valence-corrected chi connectivity index (χ2v) is 19.3. The molecule has 0 aromatic heterocycles. The maximum Gasteiger partial charge on any atom is 0.408 e. The summed E-state index contributed by atoms with van der Waals surface area (Å²) in [5.74, 6) is -8.71. The van der Waals surface area contributed by atoms with Crippen LogP contribution >= 0.6 is 0 Å². The maximum atomic E-state index is 14.6. The smallest absolute Gasteiger partial charge is 0.408 e. The first-order valence-electron chi connectivity index (χ1n) is 26.1. The van der Waals surface area contributed by atoms with Gasteiger partial charge in [0.25, 0.3) is 0 Å². The summed E-state index contributed by atoms with van der Waals surface area (Å²) in [6, 6.07) is 26.3. The van der Waals surface area contributed by atoms with Gasteiger partial charge in [-0.05, 0) is 81.7 Å². The Morgan fingerprint density at radius 3 is 1.10 bits per heavy atom. The number of carbonyl (C=O) groups is 10. The van der Waals surface area contributed by atoms with Crippen molar-refractivity contribution in [3.63, 3.8) is 0 Å². The van der Waals surface area contributed by atoms with Gasteiger partial charge in [0.05, 0.1) is 20.0 Å². The van der Waals surface area contributed by atoms with Crippen LogP contribution in [0.4, 0.5) is 4.79 Å². The van der Waals surface area contributed by atoms with Crippen molar-refractivity contribution in [2.24, 2.45) is 5.73 Å². The summed E-state index contributed by atoms with van der Waals surface area (Å²) in [7, 11) is 1.12. The van der Waals surface area contributed by atoms with Crippen LogP contribution < -0.4 is 32.3 Å². The highest BCUT2D eigenvalue weighted by molar-refractivity contribution is 5.98. The first-order chi connectivity index (χ1) is 38.3. The molecule has 0 aliphatic carbocycles. The predicted molar refractivity (Wildman–Crippen MR) is 288 cm³/mol. The zero-order valence-corrected chi connectivity index (χ0v) is 45.4. The van der Waals surface area contributed by atoms with Gasteiger partial charge in [0.2, 0.25) is 23.6 Å². The average molecular weight is 1110 g/mol. The number of methoxy groups -OCH3 is 1. The summed E-state index contributed by atoms with van der Waals surface area (Å²) < 4.78 is 32.0. The van der Waals surface area contributed by atoms with E-state index in [2.05, 4.69) is 26.6 Å². The van der Waals surface area contributed by atoms with Crippen LogP contribution in [0.2, 0.25) is 0 Å². The third-order valence-corrected chi connectivity index (χ3v) is 11.6. The monoisotopic (exact) mass is 1110 g/mol. The van der Waals surface area contributed by atoms with E-state index in [0.29, 0.717) is 41.6 Å². The number of benzene rings is 4. The van der Waals surface area contributed by atoms with Crippen LogP contribution in [-0.4, -0.2) is 109 Å². The summed E-state index contributed by atoms with van der Waals surface area (Å²) in [5.41, 5.74) is 7.13. The first-order valence-corrected chi connectivity index (χ1v) is 26.1. The van der Waals surface area contributed by atoms with Gasteiger partial charge < -0.3 is 60.7 Å². The SMILES string of the molecule is COC(=O)[C@H](CCCCN)NC(=O)[C@H](CCC(=O)OCc1ccccc1)NC(=O)[C@H](CC(=O)OCc1ccccc1)NC(=O)[C@H](CCC(=O)OCc1ccccc1)NC(=O)[C@H](CC(=O)OCc1ccccc1)NC(=O)OC(C)(C)C. The highest BCUT2D eigenvalue weighted by Crippen LogP contribution is 2.14. The number of ether oxygens (including phenoxy) is 6. The molecule has 80 heavy (non-hydrogen) atoms. The molecule has 0 radical (unpaired) electrons. The van der Waals surface area contributed by atoms with Crippen molar-refractivity contribution in [1.29, 1.82) is 0 Å². The molecular weight excluding hydrogens is 1040 g/mol. The fourth-order valence-corrected chi connectivity index (χ4v) is 7.45. The van der Waals surface area contributed by atoms with E-state index in [1.165, 1.54) is 0 Å². The second kappa shape index (κ2) is 34.3. The second-order valence-electron chi connectivity index (χ2n) is 19.3. The molecule has 0 saturated heterocycles. The number of carbonyl (C=O) groups excluding carboxylic acids is 10. The normalized spacial score (nSPS) is 12.8. The van der Waals surface area contributed by atoms with Gasteiger partial charge in [-0.2, -0.15) is 0 Å². The van der Waals surface area contributed by atoms with E-state index in [4.69, 9.17) is 34.2 Å². The van der Waals surface area contributed by atoms with Gasteiger partial charge in [0.15, 0.2) is 0 Å². The molecule has 0 spiro atoms. The summed E-state index contributed by atoms with van der Waals surface area (Å²) in [6.07, 6.45) is -3.64. The minimum atomic E-state index is -1.90. The Bertz CT molecular complexity index is 2640. The molecule has 22 nitrogen and oxygen atoms in total. The number of unbranched alkanes of at least 4 members (excludes halogenated alkanes) is 1. The van der Waals surface area contributed by atoms with E-state index in [1.807, 2.05) is 0 Å². The zero-order valence-electron chi connectivity index (χ0n) is 45.4. The summed E-state index contributed by atoms with van der Waals surface area (Å²) in [5, 5.41) is 12.3. The molecule has 4 aromatic rings. The molecule has 0 aliphatic rings. The van der Waals surface area contributed by atoms with Crippen LogP contribution in [0.1, 0.15) is 101 Å².